The van der Waals surface area contributed by atoms with Crippen molar-refractivity contribution >= 4 is 34.2 Å². The van der Waals surface area contributed by atoms with E-state index in [9.17, 15) is 9.18 Å². The summed E-state index contributed by atoms with van der Waals surface area (Å²) in [7, 11) is 0. The third kappa shape index (κ3) is 3.81. The Morgan fingerprint density at radius 3 is 2.43 bits per heavy atom. The SMILES string of the molecule is CC(C)(C)c1ccccc1C(=O)Nc1ccc(F)cc1I. The molecule has 2 aromatic carbocycles. The molecule has 0 aliphatic rings. The minimum absolute atomic E-state index is 0.121. The van der Waals surface area contributed by atoms with Gasteiger partial charge in [0.1, 0.15) is 5.82 Å². The lowest BCUT2D eigenvalue weighted by molar-refractivity contribution is 0.102. The van der Waals surface area contributed by atoms with E-state index in [1.165, 1.54) is 12.1 Å². The Balaban J connectivity index is 2.33. The minimum Gasteiger partial charge on any atom is -0.321 e. The molecule has 0 saturated carbocycles. The van der Waals surface area contributed by atoms with Crippen molar-refractivity contribution in [1.29, 1.82) is 0 Å². The Labute approximate surface area is 137 Å². The van der Waals surface area contributed by atoms with Gasteiger partial charge in [0.05, 0.1) is 5.69 Å². The summed E-state index contributed by atoms with van der Waals surface area (Å²) >= 11 is 2.01. The van der Waals surface area contributed by atoms with E-state index in [1.54, 1.807) is 6.07 Å². The van der Waals surface area contributed by atoms with Crippen LogP contribution >= 0.6 is 22.6 Å². The molecule has 0 heterocycles. The number of carbonyl (C=O) groups excluding carboxylic acids is 1. The van der Waals surface area contributed by atoms with Crippen LogP contribution in [0.3, 0.4) is 0 Å². The Hall–Kier alpha value is -1.43. The Morgan fingerprint density at radius 1 is 1.14 bits per heavy atom. The number of halogens is 2. The molecule has 2 nitrogen and oxygen atoms in total. The van der Waals surface area contributed by atoms with Crippen molar-refractivity contribution in [1.82, 2.24) is 0 Å². The van der Waals surface area contributed by atoms with E-state index < -0.39 is 0 Å². The van der Waals surface area contributed by atoms with Crippen molar-refractivity contribution in [2.24, 2.45) is 0 Å². The first-order chi connectivity index (χ1) is 9.79. The highest BCUT2D eigenvalue weighted by atomic mass is 127. The van der Waals surface area contributed by atoms with Gasteiger partial charge in [-0.1, -0.05) is 39.0 Å². The molecule has 4 heteroatoms. The van der Waals surface area contributed by atoms with Crippen LogP contribution in [-0.2, 0) is 5.41 Å². The van der Waals surface area contributed by atoms with Gasteiger partial charge in [0, 0.05) is 9.13 Å². The van der Waals surface area contributed by atoms with Crippen molar-refractivity contribution in [3.05, 3.63) is 63.0 Å². The third-order valence-corrected chi connectivity index (χ3v) is 4.05. The Morgan fingerprint density at radius 2 is 1.81 bits per heavy atom. The first-order valence-electron chi connectivity index (χ1n) is 6.65. The van der Waals surface area contributed by atoms with Crippen molar-refractivity contribution < 1.29 is 9.18 Å². The largest absolute Gasteiger partial charge is 0.321 e. The number of hydrogen-bond donors (Lipinski definition) is 1. The van der Waals surface area contributed by atoms with E-state index in [0.717, 1.165) is 5.56 Å². The molecule has 0 fully saturated rings. The van der Waals surface area contributed by atoms with E-state index in [-0.39, 0.29) is 17.1 Å². The molecular weight excluding hydrogens is 380 g/mol. The fourth-order valence-electron chi connectivity index (χ4n) is 2.12. The van der Waals surface area contributed by atoms with Crippen LogP contribution in [0.2, 0.25) is 0 Å². The van der Waals surface area contributed by atoms with Gasteiger partial charge in [-0.25, -0.2) is 4.39 Å². The summed E-state index contributed by atoms with van der Waals surface area (Å²) in [5.41, 5.74) is 2.12. The van der Waals surface area contributed by atoms with Gasteiger partial charge in [0.25, 0.3) is 5.91 Å². The molecule has 21 heavy (non-hydrogen) atoms. The number of rotatable bonds is 2. The molecule has 1 N–H and O–H groups in total. The second-order valence-electron chi connectivity index (χ2n) is 5.87. The first-order valence-corrected chi connectivity index (χ1v) is 7.73. The smallest absolute Gasteiger partial charge is 0.255 e. The normalized spacial score (nSPS) is 11.3. The average Bonchev–Trinajstić information content (AvgIpc) is 2.41. The van der Waals surface area contributed by atoms with E-state index in [0.29, 0.717) is 14.8 Å². The molecule has 0 spiro atoms. The topological polar surface area (TPSA) is 29.1 Å². The average molecular weight is 397 g/mol. The predicted octanol–water partition coefficient (Wildman–Crippen LogP) is 4.98. The summed E-state index contributed by atoms with van der Waals surface area (Å²) < 4.78 is 13.8. The van der Waals surface area contributed by atoms with Crippen molar-refractivity contribution in [2.45, 2.75) is 26.2 Å². The van der Waals surface area contributed by atoms with Crippen LogP contribution in [-0.4, -0.2) is 5.91 Å². The standard InChI is InChI=1S/C17H17FINO/c1-17(2,3)13-7-5-4-6-12(13)16(21)20-15-9-8-11(18)10-14(15)19/h4-10H,1-3H3,(H,20,21). The zero-order valence-electron chi connectivity index (χ0n) is 12.2. The number of carbonyl (C=O) groups is 1. The van der Waals surface area contributed by atoms with Crippen molar-refractivity contribution in [3.63, 3.8) is 0 Å². The van der Waals surface area contributed by atoms with Gasteiger partial charge in [-0.05, 0) is 57.8 Å². The van der Waals surface area contributed by atoms with Crippen molar-refractivity contribution in [3.8, 4) is 0 Å². The van der Waals surface area contributed by atoms with Gasteiger partial charge in [-0.2, -0.15) is 0 Å². The quantitative estimate of drug-likeness (QED) is 0.712. The second kappa shape index (κ2) is 6.13. The molecule has 0 saturated heterocycles. The summed E-state index contributed by atoms with van der Waals surface area (Å²) in [6.07, 6.45) is 0. The van der Waals surface area contributed by atoms with Gasteiger partial charge < -0.3 is 5.32 Å². The van der Waals surface area contributed by atoms with E-state index in [2.05, 4.69) is 26.1 Å². The fraction of sp³-hybridized carbons (Fsp3) is 0.235. The highest BCUT2D eigenvalue weighted by Crippen LogP contribution is 2.27. The fourth-order valence-corrected chi connectivity index (χ4v) is 2.73. The van der Waals surface area contributed by atoms with Gasteiger partial charge in [0.15, 0.2) is 0 Å². The molecular formula is C17H17FINO. The molecule has 2 rings (SSSR count). The number of benzene rings is 2. The van der Waals surface area contributed by atoms with Crippen LogP contribution in [0, 0.1) is 9.39 Å². The monoisotopic (exact) mass is 397 g/mol. The van der Waals surface area contributed by atoms with Crippen molar-refractivity contribution in [2.75, 3.05) is 5.32 Å². The zero-order chi connectivity index (χ0) is 15.6. The second-order valence-corrected chi connectivity index (χ2v) is 7.04. The molecule has 0 unspecified atom stereocenters. The Bertz CT molecular complexity index is 677. The maximum Gasteiger partial charge on any atom is 0.255 e. The summed E-state index contributed by atoms with van der Waals surface area (Å²) in [4.78, 5) is 12.5. The summed E-state index contributed by atoms with van der Waals surface area (Å²) in [5, 5.41) is 2.85. The van der Waals surface area contributed by atoms with Gasteiger partial charge in [0.2, 0.25) is 0 Å². The predicted molar refractivity (Wildman–Crippen MR) is 92.2 cm³/mol. The van der Waals surface area contributed by atoms with E-state index in [1.807, 2.05) is 46.9 Å². The summed E-state index contributed by atoms with van der Waals surface area (Å²) in [5.74, 6) is -0.488. The molecule has 0 atom stereocenters. The van der Waals surface area contributed by atoms with Gasteiger partial charge in [-0.15, -0.1) is 0 Å². The van der Waals surface area contributed by atoms with Crippen LogP contribution < -0.4 is 5.32 Å². The van der Waals surface area contributed by atoms with Gasteiger partial charge in [-0.3, -0.25) is 4.79 Å². The highest BCUT2D eigenvalue weighted by Gasteiger charge is 2.21. The lowest BCUT2D eigenvalue weighted by atomic mass is 9.83. The molecule has 110 valence electrons. The lowest BCUT2D eigenvalue weighted by Gasteiger charge is -2.22. The molecule has 0 bridgehead atoms. The van der Waals surface area contributed by atoms with Gasteiger partial charge >= 0.3 is 0 Å². The van der Waals surface area contributed by atoms with E-state index >= 15 is 0 Å². The molecule has 2 aromatic rings. The van der Waals surface area contributed by atoms with Crippen LogP contribution in [0.25, 0.3) is 0 Å². The molecule has 0 aromatic heterocycles. The van der Waals surface area contributed by atoms with Crippen LogP contribution in [0.15, 0.2) is 42.5 Å². The Kier molecular flexibility index (Phi) is 4.66. The maximum absolute atomic E-state index is 13.1. The number of hydrogen-bond acceptors (Lipinski definition) is 1. The van der Waals surface area contributed by atoms with Crippen LogP contribution in [0.1, 0.15) is 36.7 Å². The van der Waals surface area contributed by atoms with Crippen LogP contribution in [0.4, 0.5) is 10.1 Å². The first kappa shape index (κ1) is 15.9. The molecule has 0 aliphatic heterocycles. The summed E-state index contributed by atoms with van der Waals surface area (Å²) in [6.45, 7) is 6.21. The number of anilines is 1. The summed E-state index contributed by atoms with van der Waals surface area (Å²) in [6, 6.07) is 11.9. The highest BCUT2D eigenvalue weighted by molar-refractivity contribution is 14.1. The maximum atomic E-state index is 13.1. The molecule has 0 radical (unpaired) electrons. The van der Waals surface area contributed by atoms with Crippen LogP contribution in [0.5, 0.6) is 0 Å². The third-order valence-electron chi connectivity index (χ3n) is 3.16. The minimum atomic E-state index is -0.313. The number of amides is 1. The molecule has 0 aliphatic carbocycles. The van der Waals surface area contributed by atoms with E-state index in [4.69, 9.17) is 0 Å². The molecule has 1 amide bonds. The number of nitrogens with one attached hydrogen (secondary N) is 1. The lowest BCUT2D eigenvalue weighted by Crippen LogP contribution is -2.21. The zero-order valence-corrected chi connectivity index (χ0v) is 14.4.